The molecule has 0 fully saturated rings. The standard InChI is InChI=1S/C28H21BrN4O4/c1-2-37-28(36)21-16-20-24(30-23-14-8-9-15-32(23)27(20)35)33(17-18-10-4-3-5-11-18)25(21)31-26(34)19-12-6-7-13-22(19)29/h3-16H,2,17H2,1H3. The van der Waals surface area contributed by atoms with Gasteiger partial charge < -0.3 is 9.30 Å². The largest absolute Gasteiger partial charge is 0.462 e. The number of carbonyl (C=O) groups excluding carboxylic acids is 2. The van der Waals surface area contributed by atoms with Crippen LogP contribution < -0.4 is 11.0 Å². The van der Waals surface area contributed by atoms with Crippen molar-refractivity contribution in [2.24, 2.45) is 4.99 Å². The number of amides is 1. The maximum atomic E-state index is 13.5. The number of pyridine rings is 2. The number of rotatable bonds is 5. The molecular formula is C28H21BrN4O4. The molecule has 3 aromatic heterocycles. The van der Waals surface area contributed by atoms with E-state index >= 15 is 0 Å². The normalized spacial score (nSPS) is 11.7. The molecule has 0 saturated heterocycles. The fourth-order valence-corrected chi connectivity index (χ4v) is 4.52. The predicted molar refractivity (Wildman–Crippen MR) is 142 cm³/mol. The van der Waals surface area contributed by atoms with E-state index in [9.17, 15) is 14.4 Å². The van der Waals surface area contributed by atoms with Crippen LogP contribution in [-0.4, -0.2) is 32.4 Å². The maximum absolute atomic E-state index is 13.5. The number of carbonyl (C=O) groups is 2. The lowest BCUT2D eigenvalue weighted by Crippen LogP contribution is -2.33. The summed E-state index contributed by atoms with van der Waals surface area (Å²) in [4.78, 5) is 49.1. The van der Waals surface area contributed by atoms with Crippen molar-refractivity contribution in [1.29, 1.82) is 0 Å². The third-order valence-corrected chi connectivity index (χ3v) is 6.47. The molecule has 2 aromatic carbocycles. The van der Waals surface area contributed by atoms with Crippen molar-refractivity contribution in [3.05, 3.63) is 122 Å². The van der Waals surface area contributed by atoms with Gasteiger partial charge >= 0.3 is 5.97 Å². The highest BCUT2D eigenvalue weighted by Crippen LogP contribution is 2.18. The minimum atomic E-state index is -0.692. The minimum Gasteiger partial charge on any atom is -0.462 e. The zero-order valence-electron chi connectivity index (χ0n) is 19.8. The first-order valence-electron chi connectivity index (χ1n) is 11.6. The molecule has 0 atom stereocenters. The smallest absolute Gasteiger partial charge is 0.341 e. The molecule has 0 unspecified atom stereocenters. The Bertz CT molecular complexity index is 1790. The number of hydrogen-bond donors (Lipinski definition) is 0. The summed E-state index contributed by atoms with van der Waals surface area (Å²) in [6.45, 7) is 2.01. The lowest BCUT2D eigenvalue weighted by molar-refractivity contribution is 0.0523. The number of ether oxygens (including phenoxy) is 1. The molecule has 3 heterocycles. The summed E-state index contributed by atoms with van der Waals surface area (Å²) in [7, 11) is 0. The van der Waals surface area contributed by atoms with Crippen molar-refractivity contribution in [3.8, 4) is 0 Å². The highest BCUT2D eigenvalue weighted by molar-refractivity contribution is 9.10. The Balaban J connectivity index is 1.91. The van der Waals surface area contributed by atoms with Crippen LogP contribution in [0.15, 0.2) is 99.3 Å². The molecule has 0 bridgehead atoms. The van der Waals surface area contributed by atoms with Crippen LogP contribution in [0.3, 0.4) is 0 Å². The van der Waals surface area contributed by atoms with Crippen LogP contribution in [0, 0.1) is 0 Å². The molecule has 0 aliphatic rings. The summed E-state index contributed by atoms with van der Waals surface area (Å²) in [6.07, 6.45) is 1.62. The average Bonchev–Trinajstić information content (AvgIpc) is 2.91. The second kappa shape index (κ2) is 10.3. The van der Waals surface area contributed by atoms with Gasteiger partial charge in [0.15, 0.2) is 5.49 Å². The number of halogens is 1. The van der Waals surface area contributed by atoms with Crippen molar-refractivity contribution in [2.75, 3.05) is 6.61 Å². The first-order valence-corrected chi connectivity index (χ1v) is 12.4. The number of esters is 1. The Morgan fingerprint density at radius 3 is 2.46 bits per heavy atom. The molecule has 0 radical (unpaired) electrons. The van der Waals surface area contributed by atoms with E-state index in [1.807, 2.05) is 30.3 Å². The molecule has 0 spiro atoms. The Morgan fingerprint density at radius 2 is 1.70 bits per heavy atom. The van der Waals surface area contributed by atoms with Gasteiger partial charge in [0, 0.05) is 10.7 Å². The number of aromatic nitrogens is 3. The maximum Gasteiger partial charge on any atom is 0.341 e. The number of nitrogens with zero attached hydrogens (tertiary/aromatic N) is 4. The fourth-order valence-electron chi connectivity index (χ4n) is 4.06. The monoisotopic (exact) mass is 556 g/mol. The van der Waals surface area contributed by atoms with Gasteiger partial charge in [-0.05, 0) is 58.7 Å². The van der Waals surface area contributed by atoms with Crippen LogP contribution >= 0.6 is 15.9 Å². The molecule has 184 valence electrons. The van der Waals surface area contributed by atoms with Gasteiger partial charge in [0.1, 0.15) is 16.9 Å². The van der Waals surface area contributed by atoms with Gasteiger partial charge in [-0.25, -0.2) is 9.78 Å². The molecule has 37 heavy (non-hydrogen) atoms. The van der Waals surface area contributed by atoms with Crippen molar-refractivity contribution in [3.63, 3.8) is 0 Å². The van der Waals surface area contributed by atoms with Crippen LogP contribution in [0.2, 0.25) is 0 Å². The zero-order valence-corrected chi connectivity index (χ0v) is 21.4. The van der Waals surface area contributed by atoms with E-state index in [2.05, 4.69) is 20.9 Å². The highest BCUT2D eigenvalue weighted by Gasteiger charge is 2.21. The van der Waals surface area contributed by atoms with Crippen molar-refractivity contribution >= 4 is 44.5 Å². The van der Waals surface area contributed by atoms with Gasteiger partial charge in [0.2, 0.25) is 0 Å². The van der Waals surface area contributed by atoms with E-state index in [0.717, 1.165) is 5.56 Å². The fraction of sp³-hybridized carbons (Fsp3) is 0.107. The summed E-state index contributed by atoms with van der Waals surface area (Å²) in [5, 5.41) is 0.204. The van der Waals surface area contributed by atoms with E-state index in [-0.39, 0.29) is 35.1 Å². The minimum absolute atomic E-state index is 0.000431. The lowest BCUT2D eigenvalue weighted by Gasteiger charge is -2.15. The predicted octanol–water partition coefficient (Wildman–Crippen LogP) is 4.38. The first-order chi connectivity index (χ1) is 18.0. The third kappa shape index (κ3) is 4.73. The van der Waals surface area contributed by atoms with Crippen LogP contribution in [0.25, 0.3) is 16.7 Å². The molecular weight excluding hydrogens is 536 g/mol. The van der Waals surface area contributed by atoms with Crippen LogP contribution in [0.1, 0.15) is 33.2 Å². The molecule has 0 N–H and O–H groups in total. The Kier molecular flexibility index (Phi) is 6.78. The van der Waals surface area contributed by atoms with Crippen molar-refractivity contribution in [1.82, 2.24) is 14.0 Å². The highest BCUT2D eigenvalue weighted by atomic mass is 79.9. The molecule has 9 heteroatoms. The summed E-state index contributed by atoms with van der Waals surface area (Å²) in [5.41, 5.74) is 1.63. The molecule has 5 rings (SSSR count). The topological polar surface area (TPSA) is 95.0 Å². The summed E-state index contributed by atoms with van der Waals surface area (Å²) < 4.78 is 8.90. The Hall–Kier alpha value is -4.37. The zero-order chi connectivity index (χ0) is 25.9. The SMILES string of the molecule is CCOC(=O)c1cc2c(=O)n3ccccc3nc2n(Cc2ccccc2)c1=NC(=O)c1ccccc1Br. The van der Waals surface area contributed by atoms with Gasteiger partial charge in [-0.1, -0.05) is 48.5 Å². The van der Waals surface area contributed by atoms with Crippen molar-refractivity contribution in [2.45, 2.75) is 13.5 Å². The van der Waals surface area contributed by atoms with E-state index in [1.54, 1.807) is 60.2 Å². The molecule has 0 saturated carbocycles. The van der Waals surface area contributed by atoms with E-state index < -0.39 is 11.9 Å². The Morgan fingerprint density at radius 1 is 0.973 bits per heavy atom. The first kappa shape index (κ1) is 24.3. The third-order valence-electron chi connectivity index (χ3n) is 5.78. The average molecular weight is 557 g/mol. The number of hydrogen-bond acceptors (Lipinski definition) is 5. The molecule has 0 aliphatic carbocycles. The van der Waals surface area contributed by atoms with Crippen LogP contribution in [0.5, 0.6) is 0 Å². The van der Waals surface area contributed by atoms with Crippen molar-refractivity contribution < 1.29 is 14.3 Å². The quantitative estimate of drug-likeness (QED) is 0.236. The van der Waals surface area contributed by atoms with Gasteiger partial charge in [-0.2, -0.15) is 4.99 Å². The summed E-state index contributed by atoms with van der Waals surface area (Å²) >= 11 is 3.40. The molecule has 8 nitrogen and oxygen atoms in total. The number of fused-ring (bicyclic) bond motifs is 2. The Labute approximate surface area is 219 Å². The van der Waals surface area contributed by atoms with Gasteiger partial charge in [-0.15, -0.1) is 0 Å². The van der Waals surface area contributed by atoms with Gasteiger partial charge in [0.25, 0.3) is 11.5 Å². The second-order valence-corrected chi connectivity index (χ2v) is 9.01. The summed E-state index contributed by atoms with van der Waals surface area (Å²) in [5.74, 6) is -1.25. The van der Waals surface area contributed by atoms with E-state index in [4.69, 9.17) is 9.72 Å². The summed E-state index contributed by atoms with van der Waals surface area (Å²) in [6, 6.07) is 23.0. The van der Waals surface area contributed by atoms with E-state index in [0.29, 0.717) is 21.3 Å². The van der Waals surface area contributed by atoms with Crippen LogP contribution in [0.4, 0.5) is 0 Å². The molecule has 0 aliphatic heterocycles. The molecule has 1 amide bonds. The van der Waals surface area contributed by atoms with Gasteiger partial charge in [-0.3, -0.25) is 14.0 Å². The molecule has 5 aromatic rings. The van der Waals surface area contributed by atoms with Gasteiger partial charge in [0.05, 0.1) is 24.1 Å². The lowest BCUT2D eigenvalue weighted by atomic mass is 10.1. The number of benzene rings is 2. The van der Waals surface area contributed by atoms with E-state index in [1.165, 1.54) is 10.5 Å². The van der Waals surface area contributed by atoms with Crippen LogP contribution in [-0.2, 0) is 11.3 Å². The second-order valence-electron chi connectivity index (χ2n) is 8.15.